The summed E-state index contributed by atoms with van der Waals surface area (Å²) in [5.41, 5.74) is 2.45. The number of nitrogens with zero attached hydrogens (tertiary/aromatic N) is 4. The van der Waals surface area contributed by atoms with E-state index in [2.05, 4.69) is 41.2 Å². The number of anilines is 1. The quantitative estimate of drug-likeness (QED) is 0.425. The van der Waals surface area contributed by atoms with Gasteiger partial charge in [-0.25, -0.2) is 9.97 Å². The maximum atomic E-state index is 12.6. The lowest BCUT2D eigenvalue weighted by Gasteiger charge is -2.13. The fourth-order valence-corrected chi connectivity index (χ4v) is 3.71. The number of amides is 1. The zero-order chi connectivity index (χ0) is 22.6. The molecule has 32 heavy (non-hydrogen) atoms. The largest absolute Gasteiger partial charge is 0.444 e. The topological polar surface area (TPSA) is 85.8 Å². The molecule has 0 aliphatic heterocycles. The molecular formula is C24H25N5O2S. The number of nitrogens with one attached hydrogen (secondary N) is 1. The lowest BCUT2D eigenvalue weighted by molar-refractivity contribution is -0.113. The van der Waals surface area contributed by atoms with Gasteiger partial charge in [0, 0.05) is 29.0 Å². The second-order valence-corrected chi connectivity index (χ2v) is 9.30. The van der Waals surface area contributed by atoms with Crippen LogP contribution in [0.2, 0.25) is 0 Å². The first kappa shape index (κ1) is 21.8. The predicted molar refractivity (Wildman–Crippen MR) is 127 cm³/mol. The maximum Gasteiger partial charge on any atom is 0.235 e. The Labute approximate surface area is 191 Å². The Balaban J connectivity index is 1.39. The molecule has 7 nitrogen and oxygen atoms in total. The molecule has 3 heterocycles. The fourth-order valence-electron chi connectivity index (χ4n) is 3.00. The van der Waals surface area contributed by atoms with E-state index < -0.39 is 0 Å². The Morgan fingerprint density at radius 1 is 1.12 bits per heavy atom. The molecule has 0 aliphatic carbocycles. The number of hydrogen-bond donors (Lipinski definition) is 1. The van der Waals surface area contributed by atoms with Crippen molar-refractivity contribution in [3.63, 3.8) is 0 Å². The van der Waals surface area contributed by atoms with Crippen LogP contribution in [0.5, 0.6) is 0 Å². The zero-order valence-corrected chi connectivity index (χ0v) is 19.1. The van der Waals surface area contributed by atoms with Crippen LogP contribution >= 0.6 is 11.8 Å². The minimum atomic E-state index is -0.155. The smallest absolute Gasteiger partial charge is 0.235 e. The highest BCUT2D eigenvalue weighted by atomic mass is 32.2. The molecular weight excluding hydrogens is 422 g/mol. The van der Waals surface area contributed by atoms with E-state index in [4.69, 9.17) is 4.42 Å². The van der Waals surface area contributed by atoms with E-state index in [0.717, 1.165) is 17.0 Å². The third-order valence-electron chi connectivity index (χ3n) is 4.67. The monoisotopic (exact) mass is 447 g/mol. The standard InChI is InChI=1S/C24H25N5O2S/c1-24(2,3)19-13-21(29(28-19)20-11-7-8-12-25-20)27-22(30)16-32-15-18-14-31-23(26-18)17-9-5-4-6-10-17/h4-14H,15-16H2,1-3H3,(H,27,30). The van der Waals surface area contributed by atoms with Crippen LogP contribution in [0.3, 0.4) is 0 Å². The third-order valence-corrected chi connectivity index (χ3v) is 5.63. The molecule has 0 unspecified atom stereocenters. The van der Waals surface area contributed by atoms with Crippen molar-refractivity contribution in [2.24, 2.45) is 0 Å². The average molecular weight is 448 g/mol. The van der Waals surface area contributed by atoms with Gasteiger partial charge in [-0.2, -0.15) is 9.78 Å². The van der Waals surface area contributed by atoms with Crippen LogP contribution in [0.1, 0.15) is 32.2 Å². The Kier molecular flexibility index (Phi) is 6.41. The zero-order valence-electron chi connectivity index (χ0n) is 18.3. The summed E-state index contributed by atoms with van der Waals surface area (Å²) in [4.78, 5) is 21.5. The number of thioether (sulfide) groups is 1. The molecule has 1 amide bonds. The number of carbonyl (C=O) groups excluding carboxylic acids is 1. The number of hydrogen-bond acceptors (Lipinski definition) is 6. The van der Waals surface area contributed by atoms with Gasteiger partial charge < -0.3 is 9.73 Å². The minimum Gasteiger partial charge on any atom is -0.444 e. The maximum absolute atomic E-state index is 12.6. The molecule has 0 aliphatic rings. The molecule has 0 saturated heterocycles. The second-order valence-electron chi connectivity index (χ2n) is 8.32. The highest BCUT2D eigenvalue weighted by Gasteiger charge is 2.22. The van der Waals surface area contributed by atoms with Crippen LogP contribution in [0.4, 0.5) is 5.82 Å². The number of aromatic nitrogens is 4. The summed E-state index contributed by atoms with van der Waals surface area (Å²) in [6, 6.07) is 17.2. The molecule has 0 fully saturated rings. The third kappa shape index (κ3) is 5.26. The molecule has 164 valence electrons. The van der Waals surface area contributed by atoms with Gasteiger partial charge in [0.05, 0.1) is 17.1 Å². The van der Waals surface area contributed by atoms with Gasteiger partial charge in [-0.1, -0.05) is 45.0 Å². The first-order valence-electron chi connectivity index (χ1n) is 10.3. The van der Waals surface area contributed by atoms with Crippen molar-refractivity contribution in [1.29, 1.82) is 0 Å². The Morgan fingerprint density at radius 3 is 2.62 bits per heavy atom. The minimum absolute atomic E-state index is 0.112. The fraction of sp³-hybridized carbons (Fsp3) is 0.250. The van der Waals surface area contributed by atoms with E-state index in [0.29, 0.717) is 23.3 Å². The molecule has 0 bridgehead atoms. The molecule has 1 aromatic carbocycles. The van der Waals surface area contributed by atoms with Gasteiger partial charge in [0.2, 0.25) is 11.8 Å². The van der Waals surface area contributed by atoms with Crippen molar-refractivity contribution in [2.45, 2.75) is 31.9 Å². The van der Waals surface area contributed by atoms with Gasteiger partial charge in [0.1, 0.15) is 12.1 Å². The van der Waals surface area contributed by atoms with E-state index in [-0.39, 0.29) is 17.1 Å². The van der Waals surface area contributed by atoms with Crippen molar-refractivity contribution >= 4 is 23.5 Å². The van der Waals surface area contributed by atoms with Crippen molar-refractivity contribution in [2.75, 3.05) is 11.1 Å². The highest BCUT2D eigenvalue weighted by Crippen LogP contribution is 2.26. The summed E-state index contributed by atoms with van der Waals surface area (Å²) in [6.45, 7) is 6.25. The molecule has 0 saturated carbocycles. The predicted octanol–water partition coefficient (Wildman–Crippen LogP) is 5.09. The van der Waals surface area contributed by atoms with Gasteiger partial charge in [0.15, 0.2) is 5.82 Å². The van der Waals surface area contributed by atoms with Crippen molar-refractivity contribution < 1.29 is 9.21 Å². The van der Waals surface area contributed by atoms with Crippen LogP contribution < -0.4 is 5.32 Å². The Morgan fingerprint density at radius 2 is 1.91 bits per heavy atom. The number of benzene rings is 1. The second kappa shape index (κ2) is 9.40. The summed E-state index contributed by atoms with van der Waals surface area (Å²) in [7, 11) is 0. The first-order chi connectivity index (χ1) is 15.4. The highest BCUT2D eigenvalue weighted by molar-refractivity contribution is 7.99. The van der Waals surface area contributed by atoms with Gasteiger partial charge in [-0.05, 0) is 24.3 Å². The molecule has 1 N–H and O–H groups in total. The molecule has 8 heteroatoms. The Hall–Kier alpha value is -3.39. The van der Waals surface area contributed by atoms with Gasteiger partial charge in [0.25, 0.3) is 0 Å². The Bertz CT molecular complexity index is 1180. The number of carbonyl (C=O) groups is 1. The molecule has 0 atom stereocenters. The normalized spacial score (nSPS) is 11.5. The van der Waals surface area contributed by atoms with Crippen LogP contribution in [0.15, 0.2) is 71.5 Å². The van der Waals surface area contributed by atoms with E-state index in [1.54, 1.807) is 17.1 Å². The molecule has 0 radical (unpaired) electrons. The first-order valence-corrected chi connectivity index (χ1v) is 11.4. The van der Waals surface area contributed by atoms with Gasteiger partial charge in [-0.15, -0.1) is 11.8 Å². The molecule has 3 aromatic heterocycles. The summed E-state index contributed by atoms with van der Waals surface area (Å²) in [5, 5.41) is 7.65. The number of oxazole rings is 1. The van der Waals surface area contributed by atoms with Crippen LogP contribution in [0.25, 0.3) is 17.3 Å². The van der Waals surface area contributed by atoms with E-state index in [1.165, 1.54) is 11.8 Å². The summed E-state index contributed by atoms with van der Waals surface area (Å²) < 4.78 is 7.23. The molecule has 4 rings (SSSR count). The number of rotatable bonds is 7. The van der Waals surface area contributed by atoms with Crippen LogP contribution in [0, 0.1) is 0 Å². The lowest BCUT2D eigenvalue weighted by atomic mass is 9.92. The summed E-state index contributed by atoms with van der Waals surface area (Å²) in [5.74, 6) is 2.59. The number of pyridine rings is 1. The van der Waals surface area contributed by atoms with E-state index >= 15 is 0 Å². The molecule has 4 aromatic rings. The van der Waals surface area contributed by atoms with Gasteiger partial charge >= 0.3 is 0 Å². The van der Waals surface area contributed by atoms with Gasteiger partial charge in [-0.3, -0.25) is 4.79 Å². The SMILES string of the molecule is CC(C)(C)c1cc(NC(=O)CSCc2coc(-c3ccccc3)n2)n(-c2ccccn2)n1. The summed E-state index contributed by atoms with van der Waals surface area (Å²) >= 11 is 1.48. The van der Waals surface area contributed by atoms with Crippen LogP contribution in [-0.4, -0.2) is 31.4 Å². The van der Waals surface area contributed by atoms with E-state index in [1.807, 2.05) is 54.6 Å². The van der Waals surface area contributed by atoms with E-state index in [9.17, 15) is 4.79 Å². The average Bonchev–Trinajstić information content (AvgIpc) is 3.42. The van der Waals surface area contributed by atoms with Crippen molar-refractivity contribution in [3.05, 3.63) is 78.4 Å². The summed E-state index contributed by atoms with van der Waals surface area (Å²) in [6.07, 6.45) is 3.34. The lowest BCUT2D eigenvalue weighted by Crippen LogP contribution is -2.17. The van der Waals surface area contributed by atoms with Crippen molar-refractivity contribution in [1.82, 2.24) is 19.7 Å². The van der Waals surface area contributed by atoms with Crippen molar-refractivity contribution in [3.8, 4) is 17.3 Å². The molecule has 0 spiro atoms. The van der Waals surface area contributed by atoms with Crippen LogP contribution in [-0.2, 0) is 16.0 Å².